The second-order valence-corrected chi connectivity index (χ2v) is 9.93. The maximum Gasteiger partial charge on any atom is 0.272 e. The zero-order valence-corrected chi connectivity index (χ0v) is 21.2. The summed E-state index contributed by atoms with van der Waals surface area (Å²) in [6.07, 6.45) is 6.36. The monoisotopic (exact) mass is 505 g/mol. The van der Waals surface area contributed by atoms with E-state index < -0.39 is 0 Å². The molecular formula is C25H33Cl2N5O2. The smallest absolute Gasteiger partial charge is 0.272 e. The van der Waals surface area contributed by atoms with E-state index >= 15 is 0 Å². The molecule has 3 heterocycles. The fourth-order valence-electron chi connectivity index (χ4n) is 4.94. The molecule has 34 heavy (non-hydrogen) atoms. The molecule has 4 rings (SSSR count). The predicted molar refractivity (Wildman–Crippen MR) is 136 cm³/mol. The minimum Gasteiger partial charge on any atom is -0.393 e. The molecule has 0 atom stereocenters. The summed E-state index contributed by atoms with van der Waals surface area (Å²) in [6.45, 7) is 6.04. The fraction of sp³-hybridized carbons (Fsp3) is 0.560. The molecule has 2 aliphatic heterocycles. The third-order valence-corrected chi connectivity index (χ3v) is 7.70. The third-order valence-electron chi connectivity index (χ3n) is 6.96. The maximum absolute atomic E-state index is 13.4. The molecule has 0 spiro atoms. The summed E-state index contributed by atoms with van der Waals surface area (Å²) in [7, 11) is 0. The number of nitrogens with one attached hydrogen (secondary N) is 1. The first-order chi connectivity index (χ1) is 16.5. The Balaban J connectivity index is 1.35. The lowest BCUT2D eigenvalue weighted by Crippen LogP contribution is -2.49. The first-order valence-electron chi connectivity index (χ1n) is 12.2. The van der Waals surface area contributed by atoms with Crippen LogP contribution in [-0.4, -0.2) is 75.7 Å². The molecule has 7 nitrogen and oxygen atoms in total. The number of carbonyl (C=O) groups excluding carboxylic acids is 1. The van der Waals surface area contributed by atoms with Gasteiger partial charge < -0.3 is 20.2 Å². The number of halogens is 2. The molecule has 0 unspecified atom stereocenters. The molecule has 1 aromatic heterocycles. The second kappa shape index (κ2) is 11.7. The van der Waals surface area contributed by atoms with Crippen LogP contribution < -0.4 is 5.32 Å². The van der Waals surface area contributed by atoms with Crippen LogP contribution in [0.2, 0.25) is 10.0 Å². The van der Waals surface area contributed by atoms with Crippen LogP contribution in [0.25, 0.3) is 0 Å². The number of rotatable bonds is 7. The highest BCUT2D eigenvalue weighted by Crippen LogP contribution is 2.25. The second-order valence-electron chi connectivity index (χ2n) is 9.12. The minimum atomic E-state index is -0.157. The zero-order chi connectivity index (χ0) is 24.1. The lowest BCUT2D eigenvalue weighted by atomic mass is 9.98. The number of hydrogen-bond donors (Lipinski definition) is 2. The Bertz CT molecular complexity index is 989. The van der Waals surface area contributed by atoms with Crippen molar-refractivity contribution in [3.05, 3.63) is 51.4 Å². The predicted octanol–water partition coefficient (Wildman–Crippen LogP) is 4.06. The molecule has 2 saturated heterocycles. The Morgan fingerprint density at radius 3 is 2.50 bits per heavy atom. The zero-order valence-electron chi connectivity index (χ0n) is 19.6. The summed E-state index contributed by atoms with van der Waals surface area (Å²) in [4.78, 5) is 26.6. The van der Waals surface area contributed by atoms with E-state index in [4.69, 9.17) is 23.2 Å². The van der Waals surface area contributed by atoms with Gasteiger partial charge in [0.2, 0.25) is 0 Å². The van der Waals surface area contributed by atoms with E-state index in [0.29, 0.717) is 40.6 Å². The van der Waals surface area contributed by atoms with Crippen LogP contribution >= 0.6 is 23.2 Å². The maximum atomic E-state index is 13.4. The highest BCUT2D eigenvalue weighted by molar-refractivity contribution is 6.42. The van der Waals surface area contributed by atoms with Crippen molar-refractivity contribution in [3.8, 4) is 0 Å². The van der Waals surface area contributed by atoms with E-state index in [0.717, 1.165) is 69.4 Å². The summed E-state index contributed by atoms with van der Waals surface area (Å²) in [6, 6.07) is 6.12. The molecule has 0 bridgehead atoms. The van der Waals surface area contributed by atoms with Gasteiger partial charge in [-0.05, 0) is 56.2 Å². The summed E-state index contributed by atoms with van der Waals surface area (Å²) in [5.74, 6) is 0.696. The molecule has 0 radical (unpaired) electrons. The van der Waals surface area contributed by atoms with E-state index in [9.17, 15) is 9.90 Å². The van der Waals surface area contributed by atoms with Crippen molar-refractivity contribution < 1.29 is 9.90 Å². The summed E-state index contributed by atoms with van der Waals surface area (Å²) in [5, 5.41) is 14.2. The fourth-order valence-corrected chi connectivity index (χ4v) is 5.26. The topological polar surface area (TPSA) is 81.6 Å². The number of likely N-dealkylation sites (tertiary alicyclic amines) is 2. The average Bonchev–Trinajstić information content (AvgIpc) is 2.86. The lowest BCUT2D eigenvalue weighted by Gasteiger charge is -2.41. The summed E-state index contributed by atoms with van der Waals surface area (Å²) in [5.41, 5.74) is 2.43. The van der Waals surface area contributed by atoms with E-state index in [1.54, 1.807) is 6.07 Å². The van der Waals surface area contributed by atoms with Crippen molar-refractivity contribution in [1.29, 1.82) is 0 Å². The minimum absolute atomic E-state index is 0.0145. The highest BCUT2D eigenvalue weighted by Gasteiger charge is 2.31. The number of piperidine rings is 2. The van der Waals surface area contributed by atoms with Gasteiger partial charge in [-0.2, -0.15) is 0 Å². The number of carbonyl (C=O) groups is 1. The number of anilines is 1. The van der Waals surface area contributed by atoms with Crippen molar-refractivity contribution >= 4 is 34.9 Å². The number of benzene rings is 1. The molecular weight excluding hydrogens is 473 g/mol. The number of amides is 1. The largest absolute Gasteiger partial charge is 0.393 e. The highest BCUT2D eigenvalue weighted by atomic mass is 35.5. The van der Waals surface area contributed by atoms with E-state index in [-0.39, 0.29) is 12.0 Å². The van der Waals surface area contributed by atoms with Crippen LogP contribution in [0.1, 0.15) is 54.2 Å². The van der Waals surface area contributed by atoms with Crippen molar-refractivity contribution in [3.63, 3.8) is 0 Å². The molecule has 1 aromatic carbocycles. The van der Waals surface area contributed by atoms with E-state index in [2.05, 4.69) is 20.2 Å². The number of nitrogens with zero attached hydrogens (tertiary/aromatic N) is 4. The van der Waals surface area contributed by atoms with Crippen LogP contribution in [0, 0.1) is 0 Å². The van der Waals surface area contributed by atoms with E-state index in [1.807, 2.05) is 24.0 Å². The van der Waals surface area contributed by atoms with Crippen LogP contribution in [0.4, 0.5) is 5.82 Å². The third kappa shape index (κ3) is 6.00. The molecule has 1 amide bonds. The number of aromatic nitrogens is 2. The standard InChI is InChI=1S/C25H33Cl2N5O2/c1-2-20-23(25(34)32-11-6-18(7-12-32)31-13-8-19(33)9-14-31)29-16-30-24(20)28-10-5-17-3-4-21(26)22(27)15-17/h3-4,15-16,18-19,33H,2,5-14H2,1H3,(H,28,29,30). The Kier molecular flexibility index (Phi) is 8.64. The van der Waals surface area contributed by atoms with Crippen molar-refractivity contribution in [2.45, 2.75) is 57.6 Å². The Hall–Kier alpha value is -1.93. The number of hydrogen-bond acceptors (Lipinski definition) is 6. The molecule has 0 saturated carbocycles. The van der Waals surface area contributed by atoms with Gasteiger partial charge in [-0.15, -0.1) is 0 Å². The average molecular weight is 506 g/mol. The summed E-state index contributed by atoms with van der Waals surface area (Å²) >= 11 is 12.1. The van der Waals surface area contributed by atoms with Gasteiger partial charge in [-0.1, -0.05) is 36.2 Å². The molecule has 2 aliphatic rings. The first-order valence-corrected chi connectivity index (χ1v) is 12.9. The molecule has 2 fully saturated rings. The number of aliphatic hydroxyl groups is 1. The van der Waals surface area contributed by atoms with Crippen LogP contribution in [-0.2, 0) is 12.8 Å². The molecule has 0 aliphatic carbocycles. The Labute approximate surface area is 211 Å². The Morgan fingerprint density at radius 2 is 1.82 bits per heavy atom. The van der Waals surface area contributed by atoms with Crippen LogP contribution in [0.3, 0.4) is 0 Å². The van der Waals surface area contributed by atoms with Gasteiger partial charge in [-0.25, -0.2) is 9.97 Å². The van der Waals surface area contributed by atoms with Crippen molar-refractivity contribution in [1.82, 2.24) is 19.8 Å². The first kappa shape index (κ1) is 25.2. The molecule has 9 heteroatoms. The van der Waals surface area contributed by atoms with Gasteiger partial charge in [0.25, 0.3) is 5.91 Å². The van der Waals surface area contributed by atoms with Gasteiger partial charge in [-0.3, -0.25) is 4.79 Å². The molecule has 184 valence electrons. The van der Waals surface area contributed by atoms with Gasteiger partial charge in [0.15, 0.2) is 0 Å². The number of aliphatic hydroxyl groups excluding tert-OH is 1. The molecule has 2 N–H and O–H groups in total. The van der Waals surface area contributed by atoms with Gasteiger partial charge >= 0.3 is 0 Å². The van der Waals surface area contributed by atoms with Gasteiger partial charge in [0.1, 0.15) is 17.8 Å². The van der Waals surface area contributed by atoms with Crippen LogP contribution in [0.15, 0.2) is 24.5 Å². The molecule has 2 aromatic rings. The normalized spacial score (nSPS) is 18.3. The lowest BCUT2D eigenvalue weighted by molar-refractivity contribution is 0.0354. The summed E-state index contributed by atoms with van der Waals surface area (Å²) < 4.78 is 0. The Morgan fingerprint density at radius 1 is 1.09 bits per heavy atom. The van der Waals surface area contributed by atoms with Gasteiger partial charge in [0, 0.05) is 44.3 Å². The van der Waals surface area contributed by atoms with Crippen molar-refractivity contribution in [2.75, 3.05) is 38.0 Å². The van der Waals surface area contributed by atoms with Crippen molar-refractivity contribution in [2.24, 2.45) is 0 Å². The van der Waals surface area contributed by atoms with Gasteiger partial charge in [0.05, 0.1) is 16.1 Å². The van der Waals surface area contributed by atoms with E-state index in [1.165, 1.54) is 6.33 Å². The van der Waals surface area contributed by atoms with Crippen LogP contribution in [0.5, 0.6) is 0 Å². The quantitative estimate of drug-likeness (QED) is 0.590. The SMILES string of the molecule is CCc1c(NCCc2ccc(Cl)c(Cl)c2)ncnc1C(=O)N1CCC(N2CCC(O)CC2)CC1.